The van der Waals surface area contributed by atoms with Crippen molar-refractivity contribution in [2.24, 2.45) is 11.8 Å². The van der Waals surface area contributed by atoms with Crippen molar-refractivity contribution in [1.29, 1.82) is 5.26 Å². The van der Waals surface area contributed by atoms with Gasteiger partial charge >= 0.3 is 12.1 Å². The number of nitrogens with zero attached hydrogens (tertiary/aromatic N) is 3. The van der Waals surface area contributed by atoms with E-state index in [9.17, 15) is 25.1 Å². The lowest BCUT2D eigenvalue weighted by Crippen LogP contribution is -2.54. The molecular weight excluding hydrogens is 434 g/mol. The summed E-state index contributed by atoms with van der Waals surface area (Å²) in [5, 5.41) is 29.7. The summed E-state index contributed by atoms with van der Waals surface area (Å²) in [7, 11) is 0. The highest BCUT2D eigenvalue weighted by atomic mass is 16.5. The molecule has 2 N–H and O–H groups in total. The van der Waals surface area contributed by atoms with Gasteiger partial charge in [0, 0.05) is 24.5 Å². The van der Waals surface area contributed by atoms with Gasteiger partial charge in [0.25, 0.3) is 0 Å². The average molecular weight is 460 g/mol. The molecule has 3 aromatic rings. The van der Waals surface area contributed by atoms with Crippen molar-refractivity contribution in [3.63, 3.8) is 0 Å². The summed E-state index contributed by atoms with van der Waals surface area (Å²) in [4.78, 5) is 24.3. The van der Waals surface area contributed by atoms with Crippen LogP contribution in [0.1, 0.15) is 31.2 Å². The minimum Gasteiger partial charge on any atom is -0.489 e. The number of carboxylic acid groups (broad SMARTS) is 2. The van der Waals surface area contributed by atoms with Crippen molar-refractivity contribution >= 4 is 23.0 Å². The minimum atomic E-state index is -1.18. The Morgan fingerprint density at radius 1 is 1.03 bits per heavy atom. The number of rotatable bonds is 4. The molecule has 34 heavy (non-hydrogen) atoms. The van der Waals surface area contributed by atoms with Crippen molar-refractivity contribution in [1.82, 2.24) is 9.47 Å². The molecule has 2 aromatic carbocycles. The normalized spacial score (nSPS) is 24.3. The van der Waals surface area contributed by atoms with E-state index >= 15 is 0 Å². The van der Waals surface area contributed by atoms with E-state index < -0.39 is 18.1 Å². The van der Waals surface area contributed by atoms with Crippen LogP contribution in [0.5, 0.6) is 5.75 Å². The lowest BCUT2D eigenvalue weighted by Gasteiger charge is -2.45. The van der Waals surface area contributed by atoms with E-state index in [0.29, 0.717) is 17.7 Å². The van der Waals surface area contributed by atoms with Crippen LogP contribution in [0.25, 0.3) is 16.6 Å². The number of likely N-dealkylation sites (tertiary alicyclic amines) is 1. The number of carbonyl (C=O) groups is 2. The molecule has 2 heterocycles. The molecular formula is C26H25N3O5. The van der Waals surface area contributed by atoms with E-state index in [-0.39, 0.29) is 30.9 Å². The SMILES string of the molecule is N#Cc1ccc(-n2ccc3ccccc32)cc1O[C@H]1CC[C@H]2CN(C(=O)O)[C@H](C(=O)O)C[C@H]2C1. The number of carboxylic acids is 1. The molecule has 4 atom stereocenters. The Labute approximate surface area is 196 Å². The van der Waals surface area contributed by atoms with Crippen LogP contribution in [0.4, 0.5) is 4.79 Å². The molecule has 1 saturated carbocycles. The number of benzene rings is 2. The van der Waals surface area contributed by atoms with Crippen LogP contribution in [0.3, 0.4) is 0 Å². The number of amides is 1. The minimum absolute atomic E-state index is 0.0672. The van der Waals surface area contributed by atoms with E-state index in [1.54, 1.807) is 6.07 Å². The van der Waals surface area contributed by atoms with Crippen molar-refractivity contribution in [3.8, 4) is 17.5 Å². The topological polar surface area (TPSA) is 116 Å². The van der Waals surface area contributed by atoms with Crippen LogP contribution in [0.15, 0.2) is 54.7 Å². The van der Waals surface area contributed by atoms with Crippen molar-refractivity contribution < 1.29 is 24.5 Å². The Balaban J connectivity index is 1.37. The molecule has 1 aliphatic heterocycles. The maximum absolute atomic E-state index is 11.7. The van der Waals surface area contributed by atoms with Gasteiger partial charge in [0.2, 0.25) is 0 Å². The first kappa shape index (κ1) is 21.8. The largest absolute Gasteiger partial charge is 0.489 e. The van der Waals surface area contributed by atoms with E-state index in [0.717, 1.165) is 34.3 Å². The van der Waals surface area contributed by atoms with Crippen LogP contribution in [0, 0.1) is 23.2 Å². The molecule has 1 aliphatic carbocycles. The molecule has 8 nitrogen and oxygen atoms in total. The predicted molar refractivity (Wildman–Crippen MR) is 124 cm³/mol. The highest BCUT2D eigenvalue weighted by molar-refractivity contribution is 5.82. The molecule has 0 bridgehead atoms. The average Bonchev–Trinajstić information content (AvgIpc) is 3.27. The molecule has 1 amide bonds. The fourth-order valence-electron chi connectivity index (χ4n) is 5.50. The second-order valence-corrected chi connectivity index (χ2v) is 9.13. The number of aliphatic carboxylic acids is 1. The maximum atomic E-state index is 11.7. The molecule has 5 rings (SSSR count). The molecule has 1 saturated heterocycles. The first-order chi connectivity index (χ1) is 16.4. The first-order valence-electron chi connectivity index (χ1n) is 11.4. The molecule has 2 fully saturated rings. The molecule has 8 heteroatoms. The van der Waals surface area contributed by atoms with E-state index in [1.807, 2.05) is 48.7 Å². The number of fused-ring (bicyclic) bond motifs is 2. The zero-order valence-corrected chi connectivity index (χ0v) is 18.5. The highest BCUT2D eigenvalue weighted by Gasteiger charge is 2.44. The third-order valence-electron chi connectivity index (χ3n) is 7.21. The summed E-state index contributed by atoms with van der Waals surface area (Å²) >= 11 is 0. The monoisotopic (exact) mass is 459 g/mol. The van der Waals surface area contributed by atoms with Crippen LogP contribution in [-0.2, 0) is 4.79 Å². The first-order valence-corrected chi connectivity index (χ1v) is 11.4. The highest BCUT2D eigenvalue weighted by Crippen LogP contribution is 2.40. The summed E-state index contributed by atoms with van der Waals surface area (Å²) in [5.41, 5.74) is 2.40. The van der Waals surface area contributed by atoms with Gasteiger partial charge in [0.15, 0.2) is 0 Å². The maximum Gasteiger partial charge on any atom is 0.408 e. The van der Waals surface area contributed by atoms with Crippen LogP contribution >= 0.6 is 0 Å². The van der Waals surface area contributed by atoms with Crippen LogP contribution < -0.4 is 4.74 Å². The molecule has 2 aliphatic rings. The predicted octanol–water partition coefficient (Wildman–Crippen LogP) is 4.50. The number of piperidine rings is 1. The zero-order valence-electron chi connectivity index (χ0n) is 18.5. The van der Waals surface area contributed by atoms with Crippen molar-refractivity contribution in [3.05, 3.63) is 60.3 Å². The summed E-state index contributed by atoms with van der Waals surface area (Å²) in [5.74, 6) is -0.404. The Morgan fingerprint density at radius 2 is 1.85 bits per heavy atom. The van der Waals surface area contributed by atoms with Gasteiger partial charge in [-0.1, -0.05) is 18.2 Å². The van der Waals surface area contributed by atoms with Crippen LogP contribution in [0.2, 0.25) is 0 Å². The van der Waals surface area contributed by atoms with Gasteiger partial charge in [-0.2, -0.15) is 5.26 Å². The second-order valence-electron chi connectivity index (χ2n) is 9.13. The second kappa shape index (κ2) is 8.75. The Bertz CT molecular complexity index is 1290. The van der Waals surface area contributed by atoms with Gasteiger partial charge in [-0.3, -0.25) is 4.90 Å². The van der Waals surface area contributed by atoms with Crippen LogP contribution in [-0.4, -0.2) is 50.4 Å². The number of aromatic nitrogens is 1. The molecule has 0 spiro atoms. The molecule has 1 aromatic heterocycles. The van der Waals surface area contributed by atoms with Gasteiger partial charge in [0.1, 0.15) is 17.9 Å². The summed E-state index contributed by atoms with van der Waals surface area (Å²) in [6.07, 6.45) is 3.07. The van der Waals surface area contributed by atoms with Gasteiger partial charge in [-0.05, 0) is 67.2 Å². The standard InChI is InChI=1S/C26H25N3O5/c27-14-17-5-7-20(28-10-9-16-3-1-2-4-22(16)28)13-24(17)34-21-8-6-18-15-29(26(32)33)23(25(30)31)12-19(18)11-21/h1-5,7,9-10,13,18-19,21,23H,6,8,11-12,15H2,(H,30,31)(H,32,33)/t18-,19+,21-,23-/m0/s1. The number of nitriles is 1. The zero-order chi connectivity index (χ0) is 23.8. The summed E-state index contributed by atoms with van der Waals surface area (Å²) in [6.45, 7) is 0.239. The lowest BCUT2D eigenvalue weighted by molar-refractivity contribution is -0.146. The molecule has 0 unspecified atom stereocenters. The van der Waals surface area contributed by atoms with E-state index in [1.165, 1.54) is 0 Å². The van der Waals surface area contributed by atoms with Crippen molar-refractivity contribution in [2.45, 2.75) is 37.8 Å². The Kier molecular flexibility index (Phi) is 5.62. The third kappa shape index (κ3) is 3.94. The molecule has 174 valence electrons. The number of hydrogen-bond acceptors (Lipinski definition) is 4. The molecule has 0 radical (unpaired) electrons. The third-order valence-corrected chi connectivity index (χ3v) is 7.21. The summed E-state index contributed by atoms with van der Waals surface area (Å²) < 4.78 is 8.39. The fraction of sp³-hybridized carbons (Fsp3) is 0.346. The summed E-state index contributed by atoms with van der Waals surface area (Å²) in [6, 6.07) is 16.8. The fourth-order valence-corrected chi connectivity index (χ4v) is 5.50. The van der Waals surface area contributed by atoms with E-state index in [2.05, 4.69) is 10.6 Å². The van der Waals surface area contributed by atoms with Gasteiger partial charge in [0.05, 0.1) is 17.2 Å². The lowest BCUT2D eigenvalue weighted by atomic mass is 9.72. The van der Waals surface area contributed by atoms with Gasteiger partial charge in [-0.15, -0.1) is 0 Å². The smallest absolute Gasteiger partial charge is 0.408 e. The Morgan fingerprint density at radius 3 is 2.62 bits per heavy atom. The number of para-hydroxylation sites is 1. The van der Waals surface area contributed by atoms with E-state index in [4.69, 9.17) is 4.74 Å². The number of ether oxygens (including phenoxy) is 1. The number of hydrogen-bond donors (Lipinski definition) is 2. The Hall–Kier alpha value is -3.99. The van der Waals surface area contributed by atoms with Crippen molar-refractivity contribution in [2.75, 3.05) is 6.54 Å². The van der Waals surface area contributed by atoms with Gasteiger partial charge in [-0.25, -0.2) is 9.59 Å². The van der Waals surface area contributed by atoms with Gasteiger partial charge < -0.3 is 19.5 Å². The quantitative estimate of drug-likeness (QED) is 0.593.